The molecule has 0 heterocycles. The monoisotopic (exact) mass is 257 g/mol. The number of carboxylic acid groups (broad SMARTS) is 1. The molecule has 0 bridgehead atoms. The average Bonchev–Trinajstić information content (AvgIpc) is 2.00. The van der Waals surface area contributed by atoms with Gasteiger partial charge in [-0.2, -0.15) is 30.7 Å². The lowest BCUT2D eigenvalue weighted by Crippen LogP contribution is -2.60. The topological polar surface area (TPSA) is 63.3 Å². The van der Waals surface area contributed by atoms with E-state index in [0.717, 1.165) is 0 Å². The first kappa shape index (κ1) is 14.9. The van der Waals surface area contributed by atoms with Crippen molar-refractivity contribution in [3.63, 3.8) is 0 Å². The largest absolute Gasteiger partial charge is 0.481 e. The number of aliphatic carboxylic acids is 1. The molecule has 0 saturated heterocycles. The Bertz CT molecular complexity index is 275. The zero-order valence-electron chi connectivity index (χ0n) is 7.36. The molecule has 0 aliphatic heterocycles. The lowest BCUT2D eigenvalue weighted by Gasteiger charge is -2.31. The molecule has 0 spiro atoms. The van der Waals surface area contributed by atoms with E-state index in [0.29, 0.717) is 0 Å². The number of hydrogen-bond acceptors (Lipinski definition) is 2. The van der Waals surface area contributed by atoms with E-state index in [-0.39, 0.29) is 0 Å². The van der Waals surface area contributed by atoms with Crippen LogP contribution >= 0.6 is 0 Å². The molecule has 0 unspecified atom stereocenters. The summed E-state index contributed by atoms with van der Waals surface area (Å²) in [6, 6.07) is -3.14. The van der Waals surface area contributed by atoms with Gasteiger partial charge in [0.2, 0.25) is 0 Å². The van der Waals surface area contributed by atoms with Gasteiger partial charge < -0.3 is 10.8 Å². The molecule has 96 valence electrons. The Hall–Kier alpha value is -1.06. The van der Waals surface area contributed by atoms with Crippen LogP contribution in [0.2, 0.25) is 0 Å². The van der Waals surface area contributed by atoms with Gasteiger partial charge in [-0.3, -0.25) is 4.79 Å². The minimum absolute atomic E-state index is 1.71. The highest BCUT2D eigenvalue weighted by atomic mass is 19.4. The molecular formula is C6H6F7NO2. The first-order chi connectivity index (χ1) is 6.84. The average molecular weight is 257 g/mol. The van der Waals surface area contributed by atoms with Gasteiger partial charge in [0.15, 0.2) is 0 Å². The second-order valence-corrected chi connectivity index (χ2v) is 2.90. The fourth-order valence-corrected chi connectivity index (χ4v) is 0.738. The van der Waals surface area contributed by atoms with Crippen molar-refractivity contribution in [1.29, 1.82) is 0 Å². The summed E-state index contributed by atoms with van der Waals surface area (Å²) in [5.41, 5.74) is 4.32. The third-order valence-electron chi connectivity index (χ3n) is 1.63. The van der Waals surface area contributed by atoms with Gasteiger partial charge in [-0.05, 0) is 0 Å². The molecule has 1 atom stereocenters. The van der Waals surface area contributed by atoms with Gasteiger partial charge in [-0.1, -0.05) is 0 Å². The van der Waals surface area contributed by atoms with Crippen LogP contribution in [0.5, 0.6) is 0 Å². The van der Waals surface area contributed by atoms with Crippen molar-refractivity contribution < 1.29 is 40.6 Å². The van der Waals surface area contributed by atoms with Gasteiger partial charge in [-0.15, -0.1) is 0 Å². The molecule has 0 aromatic carbocycles. The van der Waals surface area contributed by atoms with Crippen LogP contribution in [-0.2, 0) is 4.79 Å². The van der Waals surface area contributed by atoms with Crippen molar-refractivity contribution in [3.05, 3.63) is 0 Å². The van der Waals surface area contributed by atoms with Crippen LogP contribution in [0.1, 0.15) is 6.42 Å². The first-order valence-corrected chi connectivity index (χ1v) is 3.63. The number of halogens is 7. The Kier molecular flexibility index (Phi) is 3.80. The second kappa shape index (κ2) is 4.07. The van der Waals surface area contributed by atoms with E-state index in [1.54, 1.807) is 0 Å². The van der Waals surface area contributed by atoms with Crippen LogP contribution in [0.15, 0.2) is 0 Å². The number of carboxylic acids is 1. The predicted molar refractivity (Wildman–Crippen MR) is 36.2 cm³/mol. The SMILES string of the molecule is N[C@@H](CC(=O)O)C(F)(F)C(F)(F)C(F)(F)F. The van der Waals surface area contributed by atoms with Gasteiger partial charge in [-0.25, -0.2) is 0 Å². The van der Waals surface area contributed by atoms with E-state index < -0.39 is 36.5 Å². The van der Waals surface area contributed by atoms with Crippen LogP contribution in [0.3, 0.4) is 0 Å². The van der Waals surface area contributed by atoms with Crippen molar-refractivity contribution in [2.45, 2.75) is 30.5 Å². The summed E-state index contributed by atoms with van der Waals surface area (Å²) in [4.78, 5) is 9.89. The molecule has 0 rings (SSSR count). The van der Waals surface area contributed by atoms with E-state index in [1.165, 1.54) is 0 Å². The van der Waals surface area contributed by atoms with Crippen molar-refractivity contribution in [3.8, 4) is 0 Å². The first-order valence-electron chi connectivity index (χ1n) is 3.63. The van der Waals surface area contributed by atoms with Crippen molar-refractivity contribution >= 4 is 5.97 Å². The Morgan fingerprint density at radius 2 is 1.50 bits per heavy atom. The summed E-state index contributed by atoms with van der Waals surface area (Å²) < 4.78 is 84.5. The molecule has 3 N–H and O–H groups in total. The van der Waals surface area contributed by atoms with E-state index in [9.17, 15) is 35.5 Å². The molecular weight excluding hydrogens is 251 g/mol. The highest BCUT2D eigenvalue weighted by molar-refractivity contribution is 5.67. The molecule has 0 radical (unpaired) electrons. The van der Waals surface area contributed by atoms with Crippen LogP contribution < -0.4 is 5.73 Å². The standard InChI is InChI=1S/C6H6F7NO2/c7-4(8,2(14)1-3(15)16)5(9,10)6(11,12)13/h2H,1,14H2,(H,15,16)/t2-/m0/s1. The van der Waals surface area contributed by atoms with E-state index in [4.69, 9.17) is 5.11 Å². The van der Waals surface area contributed by atoms with Gasteiger partial charge in [0.25, 0.3) is 0 Å². The summed E-state index contributed by atoms with van der Waals surface area (Å²) in [6.07, 6.45) is -8.22. The zero-order chi connectivity index (χ0) is 13.4. The lowest BCUT2D eigenvalue weighted by atomic mass is 10.0. The molecule has 0 fully saturated rings. The summed E-state index contributed by atoms with van der Waals surface area (Å²) in [6.45, 7) is 0. The molecule has 16 heavy (non-hydrogen) atoms. The number of alkyl halides is 7. The third kappa shape index (κ3) is 2.54. The molecule has 0 aromatic rings. The quantitative estimate of drug-likeness (QED) is 0.752. The Labute approximate surface area is 84.0 Å². The van der Waals surface area contributed by atoms with Crippen molar-refractivity contribution in [2.24, 2.45) is 5.73 Å². The molecule has 0 aromatic heterocycles. The number of carbonyl (C=O) groups is 1. The highest BCUT2D eigenvalue weighted by Crippen LogP contribution is 2.47. The summed E-state index contributed by atoms with van der Waals surface area (Å²) in [7, 11) is 0. The minimum Gasteiger partial charge on any atom is -0.481 e. The molecule has 0 aliphatic carbocycles. The Morgan fingerprint density at radius 1 is 1.12 bits per heavy atom. The second-order valence-electron chi connectivity index (χ2n) is 2.90. The third-order valence-corrected chi connectivity index (χ3v) is 1.63. The number of hydrogen-bond donors (Lipinski definition) is 2. The van der Waals surface area contributed by atoms with Crippen LogP contribution in [0, 0.1) is 0 Å². The van der Waals surface area contributed by atoms with Gasteiger partial charge in [0, 0.05) is 0 Å². The summed E-state index contributed by atoms with van der Waals surface area (Å²) in [5, 5.41) is 7.98. The highest BCUT2D eigenvalue weighted by Gasteiger charge is 2.74. The van der Waals surface area contributed by atoms with E-state index in [2.05, 4.69) is 5.73 Å². The summed E-state index contributed by atoms with van der Waals surface area (Å²) >= 11 is 0. The fourth-order valence-electron chi connectivity index (χ4n) is 0.738. The predicted octanol–water partition coefficient (Wildman–Crippen LogP) is 1.62. The minimum atomic E-state index is -6.51. The molecule has 10 heteroatoms. The van der Waals surface area contributed by atoms with Crippen LogP contribution in [0.25, 0.3) is 0 Å². The molecule has 0 amide bonds. The lowest BCUT2D eigenvalue weighted by molar-refractivity contribution is -0.358. The Balaban J connectivity index is 5.11. The molecule has 3 nitrogen and oxygen atoms in total. The zero-order valence-corrected chi connectivity index (χ0v) is 7.36. The summed E-state index contributed by atoms with van der Waals surface area (Å²) in [5.74, 6) is -14.1. The maximum Gasteiger partial charge on any atom is 0.459 e. The van der Waals surface area contributed by atoms with E-state index >= 15 is 0 Å². The van der Waals surface area contributed by atoms with Crippen LogP contribution in [-0.4, -0.2) is 35.1 Å². The molecule has 0 aliphatic rings. The van der Waals surface area contributed by atoms with Gasteiger partial charge in [0.05, 0.1) is 12.5 Å². The van der Waals surface area contributed by atoms with Crippen LogP contribution in [0.4, 0.5) is 30.7 Å². The van der Waals surface area contributed by atoms with Crippen molar-refractivity contribution in [1.82, 2.24) is 0 Å². The van der Waals surface area contributed by atoms with E-state index in [1.807, 2.05) is 0 Å². The van der Waals surface area contributed by atoms with Gasteiger partial charge >= 0.3 is 24.0 Å². The van der Waals surface area contributed by atoms with Crippen molar-refractivity contribution in [2.75, 3.05) is 0 Å². The number of nitrogens with two attached hydrogens (primary N) is 1. The molecule has 0 saturated carbocycles. The smallest absolute Gasteiger partial charge is 0.459 e. The number of rotatable bonds is 4. The van der Waals surface area contributed by atoms with Gasteiger partial charge in [0.1, 0.15) is 0 Å². The maximum absolute atomic E-state index is 12.6. The normalized spacial score (nSPS) is 16.0. The maximum atomic E-state index is 12.6. The fraction of sp³-hybridized carbons (Fsp3) is 0.833. The Morgan fingerprint density at radius 3 is 1.75 bits per heavy atom.